The number of halogens is 2. The molecule has 1 unspecified atom stereocenters. The molecular weight excluding hydrogens is 398 g/mol. The highest BCUT2D eigenvalue weighted by Gasteiger charge is 2.20. The summed E-state index contributed by atoms with van der Waals surface area (Å²) in [5, 5.41) is 11.6. The van der Waals surface area contributed by atoms with Gasteiger partial charge in [0, 0.05) is 18.3 Å². The molecule has 29 heavy (non-hydrogen) atoms. The smallest absolute Gasteiger partial charge is 0.234 e. The van der Waals surface area contributed by atoms with Crippen molar-refractivity contribution in [1.82, 2.24) is 14.8 Å². The number of nitrogens with zero attached hydrogens (tertiary/aromatic N) is 3. The number of hydrogen-bond acceptors (Lipinski definition) is 5. The largest absolute Gasteiger partial charge is 0.480 e. The van der Waals surface area contributed by atoms with E-state index in [0.717, 1.165) is 17.8 Å². The highest BCUT2D eigenvalue weighted by molar-refractivity contribution is 7.99. The third-order valence-electron chi connectivity index (χ3n) is 4.01. The van der Waals surface area contributed by atoms with Gasteiger partial charge in [0.25, 0.3) is 0 Å². The van der Waals surface area contributed by atoms with Gasteiger partial charge in [-0.15, -0.1) is 10.2 Å². The number of amides is 1. The fourth-order valence-corrected chi connectivity index (χ4v) is 3.48. The summed E-state index contributed by atoms with van der Waals surface area (Å²) in [5.41, 5.74) is 0.721. The molecular formula is C20H20F2N4O2S. The Kier molecular flexibility index (Phi) is 6.82. The molecule has 152 valence electrons. The molecule has 0 radical (unpaired) electrons. The van der Waals surface area contributed by atoms with E-state index in [9.17, 15) is 13.6 Å². The van der Waals surface area contributed by atoms with Crippen LogP contribution >= 0.6 is 11.8 Å². The van der Waals surface area contributed by atoms with Gasteiger partial charge >= 0.3 is 0 Å². The molecule has 0 fully saturated rings. The van der Waals surface area contributed by atoms with Crippen LogP contribution in [-0.4, -0.2) is 26.4 Å². The first-order valence-corrected chi connectivity index (χ1v) is 9.99. The molecule has 0 aliphatic heterocycles. The van der Waals surface area contributed by atoms with Crippen molar-refractivity contribution < 1.29 is 18.3 Å². The van der Waals surface area contributed by atoms with Crippen molar-refractivity contribution in [1.29, 1.82) is 0 Å². The maximum Gasteiger partial charge on any atom is 0.234 e. The Morgan fingerprint density at radius 1 is 1.21 bits per heavy atom. The first-order valence-electron chi connectivity index (χ1n) is 9.00. The minimum Gasteiger partial charge on any atom is -0.480 e. The van der Waals surface area contributed by atoms with Gasteiger partial charge in [0.1, 0.15) is 5.82 Å². The number of thioether (sulfide) groups is 1. The number of carbonyl (C=O) groups excluding carboxylic acids is 1. The van der Waals surface area contributed by atoms with Crippen molar-refractivity contribution in [2.75, 3.05) is 11.1 Å². The second-order valence-electron chi connectivity index (χ2n) is 6.12. The van der Waals surface area contributed by atoms with Crippen LogP contribution in [0.4, 0.5) is 14.5 Å². The van der Waals surface area contributed by atoms with Crippen LogP contribution in [0, 0.1) is 11.6 Å². The SMILES string of the molecule is CCn1c(SCC(=O)Nc2ccccc2)nnc1C(C)Oc1ccc(F)cc1F. The summed E-state index contributed by atoms with van der Waals surface area (Å²) in [4.78, 5) is 12.1. The van der Waals surface area contributed by atoms with Gasteiger partial charge in [-0.2, -0.15) is 0 Å². The number of para-hydroxylation sites is 1. The molecule has 3 rings (SSSR count). The summed E-state index contributed by atoms with van der Waals surface area (Å²) in [6.07, 6.45) is -0.616. The lowest BCUT2D eigenvalue weighted by Crippen LogP contribution is -2.15. The Labute approximate surface area is 171 Å². The minimum atomic E-state index is -0.786. The van der Waals surface area contributed by atoms with Gasteiger partial charge in [0.15, 0.2) is 28.7 Å². The molecule has 1 heterocycles. The zero-order valence-corrected chi connectivity index (χ0v) is 16.7. The number of anilines is 1. The van der Waals surface area contributed by atoms with E-state index in [-0.39, 0.29) is 17.4 Å². The second-order valence-corrected chi connectivity index (χ2v) is 7.07. The molecule has 2 aromatic carbocycles. The van der Waals surface area contributed by atoms with Crippen LogP contribution in [-0.2, 0) is 11.3 Å². The fraction of sp³-hybridized carbons (Fsp3) is 0.250. The summed E-state index contributed by atoms with van der Waals surface area (Å²) < 4.78 is 34.3. The lowest BCUT2D eigenvalue weighted by atomic mass is 10.3. The summed E-state index contributed by atoms with van der Waals surface area (Å²) in [6.45, 7) is 4.16. The Morgan fingerprint density at radius 2 is 1.97 bits per heavy atom. The number of hydrogen-bond donors (Lipinski definition) is 1. The Morgan fingerprint density at radius 3 is 2.66 bits per heavy atom. The van der Waals surface area contributed by atoms with Crippen LogP contribution in [0.25, 0.3) is 0 Å². The predicted molar refractivity (Wildman–Crippen MR) is 107 cm³/mol. The van der Waals surface area contributed by atoms with E-state index in [1.165, 1.54) is 17.8 Å². The molecule has 6 nitrogen and oxygen atoms in total. The predicted octanol–water partition coefficient (Wildman–Crippen LogP) is 4.45. The van der Waals surface area contributed by atoms with E-state index < -0.39 is 17.7 Å². The standard InChI is InChI=1S/C20H20F2N4O2S/c1-3-26-19(13(2)28-17-10-9-14(21)11-16(17)22)24-25-20(26)29-12-18(27)23-15-7-5-4-6-8-15/h4-11,13H,3,12H2,1-2H3,(H,23,27). The van der Waals surface area contributed by atoms with Crippen molar-refractivity contribution in [3.05, 3.63) is 66.0 Å². The van der Waals surface area contributed by atoms with E-state index in [1.807, 2.05) is 37.3 Å². The molecule has 0 aliphatic rings. The Hall–Kier alpha value is -2.94. The van der Waals surface area contributed by atoms with Gasteiger partial charge in [-0.05, 0) is 38.1 Å². The number of aromatic nitrogens is 3. The summed E-state index contributed by atoms with van der Waals surface area (Å²) in [5.74, 6) is -1.04. The van der Waals surface area contributed by atoms with Crippen molar-refractivity contribution >= 4 is 23.4 Å². The quantitative estimate of drug-likeness (QED) is 0.548. The van der Waals surface area contributed by atoms with Gasteiger partial charge in [-0.3, -0.25) is 4.79 Å². The van der Waals surface area contributed by atoms with Crippen LogP contribution < -0.4 is 10.1 Å². The number of nitrogens with one attached hydrogen (secondary N) is 1. The number of carbonyl (C=O) groups is 1. The van der Waals surface area contributed by atoms with Crippen molar-refractivity contribution in [2.24, 2.45) is 0 Å². The third kappa shape index (κ3) is 5.32. The summed E-state index contributed by atoms with van der Waals surface area (Å²) in [6, 6.07) is 12.3. The lowest BCUT2D eigenvalue weighted by Gasteiger charge is -2.16. The van der Waals surface area contributed by atoms with E-state index >= 15 is 0 Å². The van der Waals surface area contributed by atoms with Gasteiger partial charge in [0.05, 0.1) is 5.75 Å². The zero-order chi connectivity index (χ0) is 20.8. The van der Waals surface area contributed by atoms with Gasteiger partial charge < -0.3 is 14.6 Å². The molecule has 1 amide bonds. The molecule has 0 bridgehead atoms. The molecule has 9 heteroatoms. The maximum atomic E-state index is 13.8. The molecule has 0 saturated heterocycles. The summed E-state index contributed by atoms with van der Waals surface area (Å²) in [7, 11) is 0. The molecule has 0 saturated carbocycles. The Balaban J connectivity index is 1.65. The van der Waals surface area contributed by atoms with Crippen LogP contribution in [0.15, 0.2) is 53.7 Å². The van der Waals surface area contributed by atoms with E-state index in [0.29, 0.717) is 17.5 Å². The normalized spacial score (nSPS) is 11.9. The first-order chi connectivity index (χ1) is 14.0. The second kappa shape index (κ2) is 9.51. The van der Waals surface area contributed by atoms with E-state index in [1.54, 1.807) is 11.5 Å². The third-order valence-corrected chi connectivity index (χ3v) is 4.98. The topological polar surface area (TPSA) is 69.0 Å². The monoisotopic (exact) mass is 418 g/mol. The molecule has 3 aromatic rings. The Bertz CT molecular complexity index is 982. The van der Waals surface area contributed by atoms with E-state index in [2.05, 4.69) is 15.5 Å². The lowest BCUT2D eigenvalue weighted by molar-refractivity contribution is -0.113. The van der Waals surface area contributed by atoms with Gasteiger partial charge in [-0.25, -0.2) is 8.78 Å². The maximum absolute atomic E-state index is 13.8. The van der Waals surface area contributed by atoms with Crippen LogP contribution in [0.1, 0.15) is 25.8 Å². The number of ether oxygens (including phenoxy) is 1. The van der Waals surface area contributed by atoms with Gasteiger partial charge in [-0.1, -0.05) is 30.0 Å². The first kappa shape index (κ1) is 20.8. The van der Waals surface area contributed by atoms with Crippen molar-refractivity contribution in [3.8, 4) is 5.75 Å². The van der Waals surface area contributed by atoms with Gasteiger partial charge in [0.2, 0.25) is 5.91 Å². The molecule has 1 atom stereocenters. The number of rotatable bonds is 8. The van der Waals surface area contributed by atoms with Crippen molar-refractivity contribution in [3.63, 3.8) is 0 Å². The molecule has 0 spiro atoms. The summed E-state index contributed by atoms with van der Waals surface area (Å²) >= 11 is 1.25. The van der Waals surface area contributed by atoms with Crippen LogP contribution in [0.2, 0.25) is 0 Å². The van der Waals surface area contributed by atoms with Crippen LogP contribution in [0.5, 0.6) is 5.75 Å². The highest BCUT2D eigenvalue weighted by Crippen LogP contribution is 2.26. The average Bonchev–Trinajstić information content (AvgIpc) is 3.12. The molecule has 0 aliphatic carbocycles. The molecule has 1 aromatic heterocycles. The fourth-order valence-electron chi connectivity index (χ4n) is 2.67. The highest BCUT2D eigenvalue weighted by atomic mass is 32.2. The van der Waals surface area contributed by atoms with E-state index in [4.69, 9.17) is 4.74 Å². The van der Waals surface area contributed by atoms with Crippen LogP contribution in [0.3, 0.4) is 0 Å². The molecule has 1 N–H and O–H groups in total. The van der Waals surface area contributed by atoms with Crippen molar-refractivity contribution in [2.45, 2.75) is 31.7 Å². The minimum absolute atomic E-state index is 0.0685. The average molecular weight is 418 g/mol. The number of benzene rings is 2. The zero-order valence-electron chi connectivity index (χ0n) is 15.9.